The highest BCUT2D eigenvalue weighted by Gasteiger charge is 2.36. The molecule has 2 N–H and O–H groups in total. The van der Waals surface area contributed by atoms with E-state index in [1.807, 2.05) is 0 Å². The Bertz CT molecular complexity index is 420. The quantitative estimate of drug-likeness (QED) is 0.822. The molecule has 17 heavy (non-hydrogen) atoms. The van der Waals surface area contributed by atoms with Gasteiger partial charge in [0.2, 0.25) is 5.91 Å². The molecule has 92 valence electrons. The number of amides is 1. The van der Waals surface area contributed by atoms with Crippen LogP contribution in [0.25, 0.3) is 0 Å². The van der Waals surface area contributed by atoms with Crippen LogP contribution in [0.1, 0.15) is 25.7 Å². The molecule has 1 aromatic rings. The van der Waals surface area contributed by atoms with E-state index in [1.54, 1.807) is 17.1 Å². The van der Waals surface area contributed by atoms with Gasteiger partial charge in [-0.1, -0.05) is 0 Å². The predicted octanol–water partition coefficient (Wildman–Crippen LogP) is 0.866. The summed E-state index contributed by atoms with van der Waals surface area (Å²) in [6.07, 6.45) is 8.19. The Morgan fingerprint density at radius 3 is 2.76 bits per heavy atom. The molecule has 0 aliphatic heterocycles. The Kier molecular flexibility index (Phi) is 2.53. The van der Waals surface area contributed by atoms with Gasteiger partial charge in [-0.15, -0.1) is 0 Å². The maximum atomic E-state index is 12.2. The monoisotopic (exact) mass is 234 g/mol. The van der Waals surface area contributed by atoms with E-state index >= 15 is 0 Å². The van der Waals surface area contributed by atoms with Crippen molar-refractivity contribution in [2.45, 2.75) is 38.3 Å². The number of hydrogen-bond acceptors (Lipinski definition) is 3. The third kappa shape index (κ3) is 2.60. The van der Waals surface area contributed by atoms with Crippen molar-refractivity contribution in [2.75, 3.05) is 12.3 Å². The summed E-state index contributed by atoms with van der Waals surface area (Å²) >= 11 is 0. The zero-order valence-electron chi connectivity index (χ0n) is 9.88. The first-order valence-electron chi connectivity index (χ1n) is 6.30. The van der Waals surface area contributed by atoms with E-state index in [4.69, 9.17) is 5.73 Å². The number of nitrogens with zero attached hydrogens (tertiary/aromatic N) is 3. The summed E-state index contributed by atoms with van der Waals surface area (Å²) in [7, 11) is 0. The van der Waals surface area contributed by atoms with Crippen molar-refractivity contribution in [2.24, 2.45) is 5.92 Å². The summed E-state index contributed by atoms with van der Waals surface area (Å²) in [6.45, 7) is 1.26. The minimum Gasteiger partial charge on any atom is -0.396 e. The second-order valence-electron chi connectivity index (χ2n) is 5.19. The summed E-state index contributed by atoms with van der Waals surface area (Å²) in [6, 6.07) is 0.496. The molecule has 5 nitrogen and oxygen atoms in total. The molecule has 0 atom stereocenters. The van der Waals surface area contributed by atoms with Crippen LogP contribution >= 0.6 is 0 Å². The number of carbonyl (C=O) groups excluding carboxylic acids is 1. The van der Waals surface area contributed by atoms with E-state index in [1.165, 1.54) is 25.7 Å². The molecular weight excluding hydrogens is 216 g/mol. The van der Waals surface area contributed by atoms with E-state index in [0.717, 1.165) is 12.5 Å². The number of rotatable bonds is 5. The zero-order chi connectivity index (χ0) is 11.8. The lowest BCUT2D eigenvalue weighted by molar-refractivity contribution is -0.132. The fourth-order valence-electron chi connectivity index (χ4n) is 2.11. The minimum atomic E-state index is 0.183. The molecule has 2 saturated carbocycles. The maximum Gasteiger partial charge on any atom is 0.244 e. The summed E-state index contributed by atoms with van der Waals surface area (Å²) in [4.78, 5) is 14.2. The summed E-state index contributed by atoms with van der Waals surface area (Å²) in [5.41, 5.74) is 6.19. The van der Waals surface area contributed by atoms with Crippen LogP contribution in [-0.2, 0) is 11.3 Å². The number of nitrogens with two attached hydrogens (primary N) is 1. The first-order valence-corrected chi connectivity index (χ1v) is 6.30. The largest absolute Gasteiger partial charge is 0.396 e. The third-order valence-corrected chi connectivity index (χ3v) is 3.41. The number of hydrogen-bond donors (Lipinski definition) is 1. The molecule has 2 fully saturated rings. The second-order valence-corrected chi connectivity index (χ2v) is 5.19. The van der Waals surface area contributed by atoms with Crippen molar-refractivity contribution in [3.05, 3.63) is 12.4 Å². The van der Waals surface area contributed by atoms with E-state index < -0.39 is 0 Å². The lowest BCUT2D eigenvalue weighted by atomic mass is 10.3. The van der Waals surface area contributed by atoms with Gasteiger partial charge in [-0.2, -0.15) is 5.10 Å². The SMILES string of the molecule is Nc1cnn(CC(=O)N(CC2CC2)C2CC2)c1. The van der Waals surface area contributed by atoms with E-state index in [9.17, 15) is 4.79 Å². The lowest BCUT2D eigenvalue weighted by Crippen LogP contribution is -2.37. The first kappa shape index (κ1) is 10.6. The van der Waals surface area contributed by atoms with Crippen molar-refractivity contribution in [3.8, 4) is 0 Å². The van der Waals surface area contributed by atoms with Gasteiger partial charge in [-0.05, 0) is 31.6 Å². The van der Waals surface area contributed by atoms with Gasteiger partial charge in [-0.3, -0.25) is 9.48 Å². The average Bonchev–Trinajstić information content (AvgIpc) is 3.17. The highest BCUT2D eigenvalue weighted by atomic mass is 16.2. The standard InChI is InChI=1S/C12H18N4O/c13-10-5-14-15(7-10)8-12(17)16(11-3-4-11)6-9-1-2-9/h5,7,9,11H,1-4,6,8,13H2. The molecule has 3 rings (SSSR count). The van der Waals surface area contributed by atoms with Crippen LogP contribution in [0.4, 0.5) is 5.69 Å². The molecular formula is C12H18N4O. The van der Waals surface area contributed by atoms with Gasteiger partial charge in [0.15, 0.2) is 0 Å². The van der Waals surface area contributed by atoms with Gasteiger partial charge < -0.3 is 10.6 Å². The first-order chi connectivity index (χ1) is 8.22. The van der Waals surface area contributed by atoms with Crippen LogP contribution in [0, 0.1) is 5.92 Å². The molecule has 1 amide bonds. The highest BCUT2D eigenvalue weighted by Crippen LogP contribution is 2.34. The van der Waals surface area contributed by atoms with Crippen LogP contribution in [-0.4, -0.2) is 33.2 Å². The van der Waals surface area contributed by atoms with Crippen LogP contribution in [0.2, 0.25) is 0 Å². The molecule has 0 unspecified atom stereocenters. The van der Waals surface area contributed by atoms with Crippen molar-refractivity contribution in [1.82, 2.24) is 14.7 Å². The molecule has 5 heteroatoms. The number of anilines is 1. The number of carbonyl (C=O) groups is 1. The predicted molar refractivity (Wildman–Crippen MR) is 64.1 cm³/mol. The molecule has 0 radical (unpaired) electrons. The Hall–Kier alpha value is -1.52. The van der Waals surface area contributed by atoms with Gasteiger partial charge in [-0.25, -0.2) is 0 Å². The minimum absolute atomic E-state index is 0.183. The maximum absolute atomic E-state index is 12.2. The van der Waals surface area contributed by atoms with Crippen LogP contribution in [0.5, 0.6) is 0 Å². The Balaban J connectivity index is 1.61. The van der Waals surface area contributed by atoms with Gasteiger partial charge in [0.1, 0.15) is 6.54 Å². The lowest BCUT2D eigenvalue weighted by Gasteiger charge is -2.22. The fourth-order valence-corrected chi connectivity index (χ4v) is 2.11. The van der Waals surface area contributed by atoms with Crippen LogP contribution in [0.15, 0.2) is 12.4 Å². The molecule has 0 spiro atoms. The molecule has 0 aromatic carbocycles. The zero-order valence-corrected chi connectivity index (χ0v) is 9.88. The summed E-state index contributed by atoms with van der Waals surface area (Å²) in [5, 5.41) is 4.06. The van der Waals surface area contributed by atoms with Crippen LogP contribution < -0.4 is 5.73 Å². The molecule has 0 bridgehead atoms. The summed E-state index contributed by atoms with van der Waals surface area (Å²) < 4.78 is 1.62. The highest BCUT2D eigenvalue weighted by molar-refractivity contribution is 5.76. The van der Waals surface area contributed by atoms with Crippen molar-refractivity contribution in [1.29, 1.82) is 0 Å². The van der Waals surface area contributed by atoms with Crippen molar-refractivity contribution in [3.63, 3.8) is 0 Å². The van der Waals surface area contributed by atoms with Crippen molar-refractivity contribution >= 4 is 11.6 Å². The Morgan fingerprint density at radius 1 is 1.47 bits per heavy atom. The van der Waals surface area contributed by atoms with Gasteiger partial charge >= 0.3 is 0 Å². The topological polar surface area (TPSA) is 64.1 Å². The van der Waals surface area contributed by atoms with E-state index in [0.29, 0.717) is 18.3 Å². The molecule has 2 aliphatic carbocycles. The van der Waals surface area contributed by atoms with Gasteiger partial charge in [0.25, 0.3) is 0 Å². The van der Waals surface area contributed by atoms with E-state index in [-0.39, 0.29) is 5.91 Å². The number of aromatic nitrogens is 2. The average molecular weight is 234 g/mol. The molecule has 1 aromatic heterocycles. The Labute approximate surface area is 101 Å². The number of nitrogen functional groups attached to an aromatic ring is 1. The third-order valence-electron chi connectivity index (χ3n) is 3.41. The van der Waals surface area contributed by atoms with Crippen molar-refractivity contribution < 1.29 is 4.79 Å². The summed E-state index contributed by atoms with van der Waals surface area (Å²) in [5.74, 6) is 0.935. The Morgan fingerprint density at radius 2 is 2.24 bits per heavy atom. The second kappa shape index (κ2) is 4.05. The smallest absolute Gasteiger partial charge is 0.244 e. The molecule has 1 heterocycles. The van der Waals surface area contributed by atoms with Gasteiger partial charge in [0.05, 0.1) is 11.9 Å². The normalized spacial score (nSPS) is 19.3. The fraction of sp³-hybridized carbons (Fsp3) is 0.667. The molecule has 0 saturated heterocycles. The van der Waals surface area contributed by atoms with Gasteiger partial charge in [0, 0.05) is 18.8 Å². The van der Waals surface area contributed by atoms with E-state index in [2.05, 4.69) is 10.00 Å². The van der Waals surface area contributed by atoms with Crippen LogP contribution in [0.3, 0.4) is 0 Å². The molecule has 2 aliphatic rings.